The van der Waals surface area contributed by atoms with E-state index in [0.29, 0.717) is 6.42 Å². The lowest BCUT2D eigenvalue weighted by molar-refractivity contribution is -0.119. The zero-order valence-corrected chi connectivity index (χ0v) is 10.3. The number of carbonyl (C=O) groups is 1. The van der Waals surface area contributed by atoms with Gasteiger partial charge in [-0.15, -0.1) is 23.2 Å². The van der Waals surface area contributed by atoms with E-state index < -0.39 is 12.0 Å². The molecule has 0 saturated carbocycles. The second-order valence-electron chi connectivity index (χ2n) is 3.11. The van der Waals surface area contributed by atoms with Gasteiger partial charge in [0.15, 0.2) is 0 Å². The molecular formula is C11H15Cl2NO2. The molecule has 0 heterocycles. The van der Waals surface area contributed by atoms with Crippen LogP contribution in [0.3, 0.4) is 0 Å². The van der Waals surface area contributed by atoms with E-state index in [2.05, 4.69) is 0 Å². The molecule has 1 rings (SSSR count). The van der Waals surface area contributed by atoms with Crippen LogP contribution in [-0.2, 0) is 11.2 Å². The van der Waals surface area contributed by atoms with Crippen LogP contribution in [-0.4, -0.2) is 22.5 Å². The van der Waals surface area contributed by atoms with Gasteiger partial charge in [-0.05, 0) is 12.0 Å². The summed E-state index contributed by atoms with van der Waals surface area (Å²) in [5, 5.41) is 9.57. The maximum Gasteiger partial charge on any atom is 0.220 e. The molecule has 0 saturated heterocycles. The third-order valence-electron chi connectivity index (χ3n) is 1.75. The van der Waals surface area contributed by atoms with Crippen LogP contribution < -0.4 is 5.73 Å². The monoisotopic (exact) mass is 263 g/mol. The predicted octanol–water partition coefficient (Wildman–Crippen LogP) is 1.89. The molecule has 1 aromatic rings. The van der Waals surface area contributed by atoms with Crippen LogP contribution in [0.5, 0.6) is 0 Å². The minimum absolute atomic E-state index is 0.0227. The summed E-state index contributed by atoms with van der Waals surface area (Å²) in [4.78, 5) is 10.5. The molecule has 0 spiro atoms. The number of hydrogen-bond acceptors (Lipinski definition) is 2. The molecule has 0 aromatic heterocycles. The number of aliphatic hydroxyl groups is 1. The third-order valence-corrected chi connectivity index (χ3v) is 1.75. The third kappa shape index (κ3) is 8.53. The minimum Gasteiger partial charge on any atom is -0.392 e. The van der Waals surface area contributed by atoms with Gasteiger partial charge in [-0.25, -0.2) is 0 Å². The van der Waals surface area contributed by atoms with Gasteiger partial charge in [-0.2, -0.15) is 0 Å². The van der Waals surface area contributed by atoms with Crippen LogP contribution >= 0.6 is 23.2 Å². The van der Waals surface area contributed by atoms with Crippen LogP contribution in [0.25, 0.3) is 0 Å². The Bertz CT molecular complexity index is 293. The van der Waals surface area contributed by atoms with E-state index in [1.807, 2.05) is 30.3 Å². The van der Waals surface area contributed by atoms with Gasteiger partial charge in [0.05, 0.1) is 17.9 Å². The molecule has 0 radical (unpaired) electrons. The number of alkyl halides is 2. The van der Waals surface area contributed by atoms with Gasteiger partial charge in [-0.3, -0.25) is 4.79 Å². The zero-order chi connectivity index (χ0) is 12.4. The Kier molecular flexibility index (Phi) is 9.00. The summed E-state index contributed by atoms with van der Waals surface area (Å²) >= 11 is 9.53. The summed E-state index contributed by atoms with van der Waals surface area (Å²) in [5.41, 5.74) is 5.96. The van der Waals surface area contributed by atoms with E-state index in [9.17, 15) is 9.90 Å². The van der Waals surface area contributed by atoms with Crippen LogP contribution in [0.4, 0.5) is 0 Å². The highest BCUT2D eigenvalue weighted by atomic mass is 35.5. The summed E-state index contributed by atoms with van der Waals surface area (Å²) in [6.07, 6.45) is -0.168. The Morgan fingerprint density at radius 1 is 1.31 bits per heavy atom. The van der Waals surface area contributed by atoms with Crippen molar-refractivity contribution in [3.8, 4) is 0 Å². The summed E-state index contributed by atoms with van der Waals surface area (Å²) in [5.74, 6) is -0.469. The van der Waals surface area contributed by atoms with Crippen LogP contribution in [0.2, 0.25) is 0 Å². The van der Waals surface area contributed by atoms with Gasteiger partial charge in [0.1, 0.15) is 0 Å². The molecule has 0 aliphatic heterocycles. The normalized spacial score (nSPS) is 11.2. The summed E-state index contributed by atoms with van der Waals surface area (Å²) in [6.45, 7) is 0. The highest BCUT2D eigenvalue weighted by Crippen LogP contribution is 2.04. The number of benzene rings is 1. The van der Waals surface area contributed by atoms with Crippen LogP contribution in [0.15, 0.2) is 30.3 Å². The second kappa shape index (κ2) is 9.46. The zero-order valence-electron chi connectivity index (χ0n) is 8.77. The number of primary amides is 1. The fourth-order valence-electron chi connectivity index (χ4n) is 1.19. The van der Waals surface area contributed by atoms with E-state index in [0.717, 1.165) is 5.56 Å². The number of hydrogen-bond donors (Lipinski definition) is 2. The molecule has 3 N–H and O–H groups in total. The molecule has 1 amide bonds. The van der Waals surface area contributed by atoms with Crippen molar-refractivity contribution in [3.63, 3.8) is 0 Å². The minimum atomic E-state index is -0.667. The smallest absolute Gasteiger partial charge is 0.220 e. The van der Waals surface area contributed by atoms with Gasteiger partial charge in [-0.1, -0.05) is 30.3 Å². The highest BCUT2D eigenvalue weighted by molar-refractivity contribution is 6.40. The van der Waals surface area contributed by atoms with Crippen LogP contribution in [0, 0.1) is 0 Å². The van der Waals surface area contributed by atoms with E-state index in [1.54, 1.807) is 0 Å². The van der Waals surface area contributed by atoms with Crippen molar-refractivity contribution in [2.24, 2.45) is 5.73 Å². The van der Waals surface area contributed by atoms with Gasteiger partial charge < -0.3 is 10.8 Å². The molecule has 0 bridgehead atoms. The summed E-state index contributed by atoms with van der Waals surface area (Å²) in [6, 6.07) is 9.51. The lowest BCUT2D eigenvalue weighted by Crippen LogP contribution is -2.21. The first-order valence-electron chi connectivity index (χ1n) is 4.72. The van der Waals surface area contributed by atoms with Crippen molar-refractivity contribution in [1.29, 1.82) is 0 Å². The van der Waals surface area contributed by atoms with Crippen molar-refractivity contribution < 1.29 is 9.90 Å². The Morgan fingerprint density at radius 2 is 1.81 bits per heavy atom. The Balaban J connectivity index is 0.000000673. The maximum atomic E-state index is 10.5. The standard InChI is InChI=1S/C10H13NO2.CH2Cl2/c11-10(13)7-9(12)6-8-4-2-1-3-5-8;2-1-3/h1-5,9,12H,6-7H2,(H2,11,13);1H2. The molecule has 3 nitrogen and oxygen atoms in total. The quantitative estimate of drug-likeness (QED) is 0.815. The van der Waals surface area contributed by atoms with Gasteiger partial charge in [0.2, 0.25) is 5.91 Å². The first kappa shape index (κ1) is 15.2. The maximum absolute atomic E-state index is 10.5. The Hall–Kier alpha value is -0.770. The predicted molar refractivity (Wildman–Crippen MR) is 66.5 cm³/mol. The molecule has 16 heavy (non-hydrogen) atoms. The van der Waals surface area contributed by atoms with Gasteiger partial charge >= 0.3 is 0 Å². The lowest BCUT2D eigenvalue weighted by atomic mass is 10.1. The largest absolute Gasteiger partial charge is 0.392 e. The molecule has 0 aliphatic rings. The van der Waals surface area contributed by atoms with E-state index in [1.165, 1.54) is 0 Å². The van der Waals surface area contributed by atoms with Gasteiger partial charge in [0, 0.05) is 0 Å². The molecule has 1 aromatic carbocycles. The molecule has 0 aliphatic carbocycles. The van der Waals surface area contributed by atoms with Crippen molar-refractivity contribution >= 4 is 29.1 Å². The molecule has 90 valence electrons. The lowest BCUT2D eigenvalue weighted by Gasteiger charge is -2.07. The SMILES string of the molecule is ClCCl.NC(=O)CC(O)Cc1ccccc1. The van der Waals surface area contributed by atoms with Crippen molar-refractivity contribution in [1.82, 2.24) is 0 Å². The van der Waals surface area contributed by atoms with Gasteiger partial charge in [0.25, 0.3) is 0 Å². The fraction of sp³-hybridized carbons (Fsp3) is 0.364. The fourth-order valence-corrected chi connectivity index (χ4v) is 1.19. The van der Waals surface area contributed by atoms with Crippen LogP contribution in [0.1, 0.15) is 12.0 Å². The number of amides is 1. The van der Waals surface area contributed by atoms with E-state index >= 15 is 0 Å². The van der Waals surface area contributed by atoms with Crippen molar-refractivity contribution in [3.05, 3.63) is 35.9 Å². The average molecular weight is 264 g/mol. The number of aliphatic hydroxyl groups excluding tert-OH is 1. The average Bonchev–Trinajstić information content (AvgIpc) is 2.18. The number of carbonyl (C=O) groups excluding carboxylic acids is 1. The topological polar surface area (TPSA) is 63.3 Å². The number of rotatable bonds is 4. The van der Waals surface area contributed by atoms with Crippen molar-refractivity contribution in [2.45, 2.75) is 18.9 Å². The van der Waals surface area contributed by atoms with Crippen molar-refractivity contribution in [2.75, 3.05) is 5.34 Å². The highest BCUT2D eigenvalue weighted by Gasteiger charge is 2.07. The molecule has 0 fully saturated rings. The number of nitrogens with two attached hydrogens (primary N) is 1. The molecule has 5 heteroatoms. The Labute approximate surface area is 105 Å². The second-order valence-corrected chi connectivity index (χ2v) is 3.92. The summed E-state index contributed by atoms with van der Waals surface area (Å²) < 4.78 is 0. The number of halogens is 2. The molecule has 1 atom stereocenters. The van der Waals surface area contributed by atoms with E-state index in [-0.39, 0.29) is 11.8 Å². The first-order valence-corrected chi connectivity index (χ1v) is 5.79. The molecular weight excluding hydrogens is 249 g/mol. The Morgan fingerprint density at radius 3 is 2.25 bits per heavy atom. The first-order chi connectivity index (χ1) is 7.60. The van der Waals surface area contributed by atoms with E-state index in [4.69, 9.17) is 28.9 Å². The summed E-state index contributed by atoms with van der Waals surface area (Å²) in [7, 11) is 0. The molecule has 1 unspecified atom stereocenters.